The fourth-order valence-corrected chi connectivity index (χ4v) is 2.69. The van der Waals surface area contributed by atoms with Crippen molar-refractivity contribution in [2.45, 2.75) is 19.8 Å². The van der Waals surface area contributed by atoms with Crippen LogP contribution in [0.5, 0.6) is 5.75 Å². The van der Waals surface area contributed by atoms with Gasteiger partial charge in [-0.05, 0) is 57.0 Å². The molecule has 0 saturated carbocycles. The topological polar surface area (TPSA) is 41.6 Å². The normalized spacial score (nSPS) is 18.0. The van der Waals surface area contributed by atoms with Crippen LogP contribution >= 0.6 is 12.4 Å². The van der Waals surface area contributed by atoms with Crippen LogP contribution in [0.3, 0.4) is 0 Å². The maximum Gasteiger partial charge on any atom is 0.260 e. The molecule has 1 saturated heterocycles. The van der Waals surface area contributed by atoms with Gasteiger partial charge in [0.1, 0.15) is 5.75 Å². The zero-order valence-electron chi connectivity index (χ0n) is 12.8. The van der Waals surface area contributed by atoms with E-state index in [0.29, 0.717) is 5.92 Å². The molecule has 2 rings (SSSR count). The SMILES string of the molecule is CNCC1CCCN(C(=O)COc2cccc(C)c2)C1.Cl. The highest BCUT2D eigenvalue weighted by Crippen LogP contribution is 2.17. The molecule has 118 valence electrons. The number of carbonyl (C=O) groups excluding carboxylic acids is 1. The zero-order valence-corrected chi connectivity index (χ0v) is 13.6. The first-order valence-electron chi connectivity index (χ1n) is 7.31. The van der Waals surface area contributed by atoms with Gasteiger partial charge in [-0.25, -0.2) is 0 Å². The molecule has 0 spiro atoms. The van der Waals surface area contributed by atoms with E-state index in [1.54, 1.807) is 0 Å². The minimum atomic E-state index is 0. The van der Waals surface area contributed by atoms with Crippen LogP contribution in [-0.2, 0) is 4.79 Å². The number of hydrogen-bond acceptors (Lipinski definition) is 3. The Morgan fingerprint density at radius 2 is 2.29 bits per heavy atom. The number of aryl methyl sites for hydroxylation is 1. The summed E-state index contributed by atoms with van der Waals surface area (Å²) in [5, 5.41) is 3.19. The van der Waals surface area contributed by atoms with Crippen molar-refractivity contribution in [3.05, 3.63) is 29.8 Å². The molecular formula is C16H25ClN2O2. The fourth-order valence-electron chi connectivity index (χ4n) is 2.69. The number of piperidine rings is 1. The third-order valence-corrected chi connectivity index (χ3v) is 3.72. The minimum absolute atomic E-state index is 0. The highest BCUT2D eigenvalue weighted by Gasteiger charge is 2.23. The molecule has 1 unspecified atom stereocenters. The van der Waals surface area contributed by atoms with E-state index >= 15 is 0 Å². The van der Waals surface area contributed by atoms with Crippen LogP contribution in [0.2, 0.25) is 0 Å². The maximum absolute atomic E-state index is 12.2. The lowest BCUT2D eigenvalue weighted by Gasteiger charge is -2.32. The summed E-state index contributed by atoms with van der Waals surface area (Å²) < 4.78 is 5.59. The van der Waals surface area contributed by atoms with Gasteiger partial charge in [0.25, 0.3) is 5.91 Å². The first-order valence-corrected chi connectivity index (χ1v) is 7.31. The Hall–Kier alpha value is -1.26. The van der Waals surface area contributed by atoms with Gasteiger partial charge in [0.05, 0.1) is 0 Å². The molecule has 1 N–H and O–H groups in total. The molecule has 5 heteroatoms. The summed E-state index contributed by atoms with van der Waals surface area (Å²) in [5.41, 5.74) is 1.14. The number of amides is 1. The number of benzene rings is 1. The van der Waals surface area contributed by atoms with E-state index in [0.717, 1.165) is 37.4 Å². The summed E-state index contributed by atoms with van der Waals surface area (Å²) in [6.07, 6.45) is 2.28. The molecule has 1 aliphatic heterocycles. The van der Waals surface area contributed by atoms with Gasteiger partial charge in [0.15, 0.2) is 6.61 Å². The largest absolute Gasteiger partial charge is 0.484 e. The lowest BCUT2D eigenvalue weighted by atomic mass is 9.98. The molecule has 1 fully saturated rings. The van der Waals surface area contributed by atoms with Crippen molar-refractivity contribution < 1.29 is 9.53 Å². The Bertz CT molecular complexity index is 452. The fraction of sp³-hybridized carbons (Fsp3) is 0.562. The third-order valence-electron chi connectivity index (χ3n) is 3.72. The van der Waals surface area contributed by atoms with E-state index in [4.69, 9.17) is 4.74 Å². The maximum atomic E-state index is 12.2. The number of hydrogen-bond donors (Lipinski definition) is 1. The Labute approximate surface area is 133 Å². The van der Waals surface area contributed by atoms with Crippen LogP contribution in [0.15, 0.2) is 24.3 Å². The van der Waals surface area contributed by atoms with Crippen molar-refractivity contribution in [1.29, 1.82) is 0 Å². The van der Waals surface area contributed by atoms with Gasteiger partial charge >= 0.3 is 0 Å². The molecule has 1 amide bonds. The summed E-state index contributed by atoms with van der Waals surface area (Å²) in [6, 6.07) is 7.80. The van der Waals surface area contributed by atoms with Crippen LogP contribution < -0.4 is 10.1 Å². The molecule has 4 nitrogen and oxygen atoms in total. The smallest absolute Gasteiger partial charge is 0.260 e. The molecule has 1 aromatic carbocycles. The second kappa shape index (κ2) is 8.90. The van der Waals surface area contributed by atoms with Crippen molar-refractivity contribution >= 4 is 18.3 Å². The molecule has 1 aliphatic rings. The second-order valence-corrected chi connectivity index (χ2v) is 5.51. The molecule has 0 aliphatic carbocycles. The van der Waals surface area contributed by atoms with Gasteiger partial charge in [-0.2, -0.15) is 0 Å². The Morgan fingerprint density at radius 1 is 1.48 bits per heavy atom. The molecule has 21 heavy (non-hydrogen) atoms. The second-order valence-electron chi connectivity index (χ2n) is 5.51. The van der Waals surface area contributed by atoms with Crippen molar-refractivity contribution in [2.24, 2.45) is 5.92 Å². The summed E-state index contributed by atoms with van der Waals surface area (Å²) >= 11 is 0. The highest BCUT2D eigenvalue weighted by atomic mass is 35.5. The summed E-state index contributed by atoms with van der Waals surface area (Å²) in [4.78, 5) is 14.1. The van der Waals surface area contributed by atoms with Crippen molar-refractivity contribution in [1.82, 2.24) is 10.2 Å². The van der Waals surface area contributed by atoms with E-state index in [9.17, 15) is 4.79 Å². The van der Waals surface area contributed by atoms with E-state index < -0.39 is 0 Å². The van der Waals surface area contributed by atoms with Gasteiger partial charge in [-0.15, -0.1) is 12.4 Å². The van der Waals surface area contributed by atoms with Crippen LogP contribution in [0, 0.1) is 12.8 Å². The lowest BCUT2D eigenvalue weighted by molar-refractivity contribution is -0.135. The minimum Gasteiger partial charge on any atom is -0.484 e. The number of ether oxygens (including phenoxy) is 1. The first kappa shape index (κ1) is 17.8. The van der Waals surface area contributed by atoms with Crippen LogP contribution in [-0.4, -0.2) is 44.1 Å². The van der Waals surface area contributed by atoms with E-state index in [-0.39, 0.29) is 24.9 Å². The predicted octanol–water partition coefficient (Wildman–Crippen LogP) is 2.25. The summed E-state index contributed by atoms with van der Waals surface area (Å²) in [5.74, 6) is 1.42. The monoisotopic (exact) mass is 312 g/mol. The number of nitrogens with one attached hydrogen (secondary N) is 1. The van der Waals surface area contributed by atoms with Gasteiger partial charge in [-0.3, -0.25) is 4.79 Å². The van der Waals surface area contributed by atoms with Crippen molar-refractivity contribution in [3.8, 4) is 5.75 Å². The Kier molecular flexibility index (Phi) is 7.54. The van der Waals surface area contributed by atoms with Gasteiger partial charge < -0.3 is 15.0 Å². The van der Waals surface area contributed by atoms with E-state index in [1.807, 2.05) is 43.1 Å². The number of rotatable bonds is 5. The zero-order chi connectivity index (χ0) is 14.4. The van der Waals surface area contributed by atoms with E-state index in [2.05, 4.69) is 5.32 Å². The Morgan fingerprint density at radius 3 is 3.00 bits per heavy atom. The number of nitrogens with zero attached hydrogens (tertiary/aromatic N) is 1. The number of likely N-dealkylation sites (tertiary alicyclic amines) is 1. The van der Waals surface area contributed by atoms with Gasteiger partial charge in [0.2, 0.25) is 0 Å². The average molecular weight is 313 g/mol. The molecular weight excluding hydrogens is 288 g/mol. The van der Waals surface area contributed by atoms with E-state index in [1.165, 1.54) is 6.42 Å². The van der Waals surface area contributed by atoms with Crippen LogP contribution in [0.25, 0.3) is 0 Å². The molecule has 0 aromatic heterocycles. The number of halogens is 1. The van der Waals surface area contributed by atoms with Crippen molar-refractivity contribution in [3.63, 3.8) is 0 Å². The average Bonchev–Trinajstić information content (AvgIpc) is 2.45. The summed E-state index contributed by atoms with van der Waals surface area (Å²) in [7, 11) is 1.96. The highest BCUT2D eigenvalue weighted by molar-refractivity contribution is 5.85. The van der Waals surface area contributed by atoms with Crippen molar-refractivity contribution in [2.75, 3.05) is 33.3 Å². The van der Waals surface area contributed by atoms with Crippen LogP contribution in [0.4, 0.5) is 0 Å². The first-order chi connectivity index (χ1) is 9.69. The quantitative estimate of drug-likeness (QED) is 0.907. The molecule has 0 bridgehead atoms. The third kappa shape index (κ3) is 5.56. The Balaban J connectivity index is 0.00000220. The molecule has 0 radical (unpaired) electrons. The van der Waals surface area contributed by atoms with Crippen LogP contribution in [0.1, 0.15) is 18.4 Å². The molecule has 1 aromatic rings. The molecule has 1 atom stereocenters. The lowest BCUT2D eigenvalue weighted by Crippen LogP contribution is -2.44. The van der Waals surface area contributed by atoms with Gasteiger partial charge in [-0.1, -0.05) is 12.1 Å². The summed E-state index contributed by atoms with van der Waals surface area (Å²) in [6.45, 7) is 4.83. The predicted molar refractivity (Wildman–Crippen MR) is 87.2 cm³/mol. The molecule has 1 heterocycles. The van der Waals surface area contributed by atoms with Gasteiger partial charge in [0, 0.05) is 13.1 Å². The standard InChI is InChI=1S/C16H24N2O2.ClH/c1-13-5-3-7-15(9-13)20-12-16(19)18-8-4-6-14(11-18)10-17-2;/h3,5,7,9,14,17H,4,6,8,10-12H2,1-2H3;1H. The number of carbonyl (C=O) groups is 1.